The molecule has 2 atom stereocenters. The lowest BCUT2D eigenvalue weighted by molar-refractivity contribution is -0.0989. The molecule has 1 saturated heterocycles. The van der Waals surface area contributed by atoms with Crippen molar-refractivity contribution < 1.29 is 39.5 Å². The molecule has 0 saturated carbocycles. The fourth-order valence-corrected chi connectivity index (χ4v) is 4.82. The lowest BCUT2D eigenvalue weighted by Crippen LogP contribution is -2.40. The SMILES string of the molecule is C[C@@H](N)Cc1c[nH]c2ccccc12.C[C@H](Cc1c[nH]c2ccccc12)NCC(F)(F)CO.O=S1(=O)OCC(F)(F)CO1. The van der Waals surface area contributed by atoms with Crippen LogP contribution in [-0.2, 0) is 31.6 Å². The van der Waals surface area contributed by atoms with Crippen molar-refractivity contribution in [3.8, 4) is 0 Å². The Labute approximate surface area is 241 Å². The maximum absolute atomic E-state index is 12.9. The fourth-order valence-electron chi connectivity index (χ4n) is 4.12. The quantitative estimate of drug-likeness (QED) is 0.186. The van der Waals surface area contributed by atoms with Crippen LogP contribution in [0.2, 0.25) is 0 Å². The predicted octanol–water partition coefficient (Wildman–Crippen LogP) is 4.29. The number of aromatic nitrogens is 2. The molecule has 1 aliphatic rings. The summed E-state index contributed by atoms with van der Waals surface area (Å²) in [4.78, 5) is 6.40. The Hall–Kier alpha value is -3.01. The molecule has 1 fully saturated rings. The molecular formula is C28H36F4N4O5S. The van der Waals surface area contributed by atoms with Gasteiger partial charge < -0.3 is 26.1 Å². The maximum Gasteiger partial charge on any atom is 0.400 e. The van der Waals surface area contributed by atoms with Crippen LogP contribution in [0.15, 0.2) is 60.9 Å². The highest BCUT2D eigenvalue weighted by atomic mass is 32.3. The van der Waals surface area contributed by atoms with E-state index in [-0.39, 0.29) is 12.1 Å². The first-order chi connectivity index (χ1) is 19.7. The summed E-state index contributed by atoms with van der Waals surface area (Å²) < 4.78 is 77.6. The summed E-state index contributed by atoms with van der Waals surface area (Å²) in [6, 6.07) is 16.3. The smallest absolute Gasteiger partial charge is 0.390 e. The molecule has 5 rings (SSSR count). The summed E-state index contributed by atoms with van der Waals surface area (Å²) in [5.74, 6) is -6.25. The second-order valence-electron chi connectivity index (χ2n) is 10.2. The molecule has 4 aromatic rings. The molecule has 42 heavy (non-hydrogen) atoms. The monoisotopic (exact) mass is 616 g/mol. The van der Waals surface area contributed by atoms with Crippen LogP contribution in [0, 0.1) is 0 Å². The lowest BCUT2D eigenvalue weighted by Gasteiger charge is -2.20. The van der Waals surface area contributed by atoms with Crippen LogP contribution in [0.25, 0.3) is 21.8 Å². The minimum Gasteiger partial charge on any atom is -0.390 e. The maximum atomic E-state index is 12.9. The number of rotatable bonds is 8. The van der Waals surface area contributed by atoms with E-state index in [4.69, 9.17) is 10.8 Å². The molecular weight excluding hydrogens is 580 g/mol. The second-order valence-corrected chi connectivity index (χ2v) is 11.5. The first-order valence-corrected chi connectivity index (χ1v) is 14.5. The van der Waals surface area contributed by atoms with Gasteiger partial charge in [0.25, 0.3) is 11.8 Å². The van der Waals surface area contributed by atoms with Crippen molar-refractivity contribution >= 4 is 32.2 Å². The number of halogens is 4. The second kappa shape index (κ2) is 14.4. The van der Waals surface area contributed by atoms with Gasteiger partial charge in [0.05, 0.1) is 6.54 Å². The minimum absolute atomic E-state index is 0.0865. The van der Waals surface area contributed by atoms with Gasteiger partial charge in [-0.25, -0.2) is 25.9 Å². The van der Waals surface area contributed by atoms with Crippen LogP contribution in [0.5, 0.6) is 0 Å². The number of aliphatic hydroxyl groups excluding tert-OH is 1. The van der Waals surface area contributed by atoms with Crippen LogP contribution in [0.3, 0.4) is 0 Å². The van der Waals surface area contributed by atoms with Gasteiger partial charge in [-0.05, 0) is 49.9 Å². The number of aromatic amines is 2. The van der Waals surface area contributed by atoms with E-state index in [1.54, 1.807) is 0 Å². The van der Waals surface area contributed by atoms with Gasteiger partial charge >= 0.3 is 10.4 Å². The van der Waals surface area contributed by atoms with Crippen molar-refractivity contribution in [2.45, 2.75) is 50.6 Å². The van der Waals surface area contributed by atoms with E-state index in [9.17, 15) is 26.0 Å². The molecule has 3 heterocycles. The molecule has 9 nitrogen and oxygen atoms in total. The third-order valence-corrected chi connectivity index (χ3v) is 7.00. The van der Waals surface area contributed by atoms with Crippen LogP contribution < -0.4 is 11.1 Å². The number of H-pyrrole nitrogens is 2. The van der Waals surface area contributed by atoms with Gasteiger partial charge in [-0.3, -0.25) is 0 Å². The summed E-state index contributed by atoms with van der Waals surface area (Å²) in [5, 5.41) is 13.7. The molecule has 232 valence electrons. The van der Waals surface area contributed by atoms with Crippen LogP contribution in [-0.4, -0.2) is 73.8 Å². The molecule has 14 heteroatoms. The number of fused-ring (bicyclic) bond motifs is 2. The molecule has 6 N–H and O–H groups in total. The highest BCUT2D eigenvalue weighted by Crippen LogP contribution is 2.22. The molecule has 0 radical (unpaired) electrons. The van der Waals surface area contributed by atoms with E-state index in [0.29, 0.717) is 6.42 Å². The average Bonchev–Trinajstić information content (AvgIpc) is 3.54. The number of hydrogen-bond donors (Lipinski definition) is 5. The van der Waals surface area contributed by atoms with Crippen molar-refractivity contribution in [2.24, 2.45) is 5.73 Å². The zero-order valence-corrected chi connectivity index (χ0v) is 24.1. The zero-order valence-electron chi connectivity index (χ0n) is 23.2. The molecule has 0 spiro atoms. The normalized spacial score (nSPS) is 17.5. The van der Waals surface area contributed by atoms with Crippen molar-refractivity contribution in [1.82, 2.24) is 15.3 Å². The zero-order chi connectivity index (χ0) is 31.0. The van der Waals surface area contributed by atoms with Crippen molar-refractivity contribution in [1.29, 1.82) is 0 Å². The molecule has 0 unspecified atom stereocenters. The number of benzene rings is 2. The average molecular weight is 617 g/mol. The molecule has 0 bridgehead atoms. The summed E-state index contributed by atoms with van der Waals surface area (Å²) in [6.45, 7) is -0.00546. The van der Waals surface area contributed by atoms with Gasteiger partial charge in [0.1, 0.15) is 19.8 Å². The van der Waals surface area contributed by atoms with Crippen LogP contribution >= 0.6 is 0 Å². The first kappa shape index (κ1) is 33.5. The highest BCUT2D eigenvalue weighted by Gasteiger charge is 2.39. The van der Waals surface area contributed by atoms with E-state index in [1.807, 2.05) is 56.6 Å². The Balaban J connectivity index is 0.000000183. The van der Waals surface area contributed by atoms with E-state index >= 15 is 0 Å². The number of nitrogens with one attached hydrogen (secondary N) is 3. The Morgan fingerprint density at radius 3 is 1.88 bits per heavy atom. The molecule has 2 aromatic heterocycles. The third-order valence-electron chi connectivity index (χ3n) is 6.19. The Kier molecular flexibility index (Phi) is 11.5. The van der Waals surface area contributed by atoms with E-state index in [2.05, 4.69) is 41.9 Å². The predicted molar refractivity (Wildman–Crippen MR) is 153 cm³/mol. The lowest BCUT2D eigenvalue weighted by atomic mass is 10.1. The van der Waals surface area contributed by atoms with E-state index in [1.165, 1.54) is 16.5 Å². The fraction of sp³-hybridized carbons (Fsp3) is 0.429. The number of hydrogen-bond acceptors (Lipinski definition) is 7. The molecule has 1 aliphatic heterocycles. The first-order valence-electron chi connectivity index (χ1n) is 13.2. The van der Waals surface area contributed by atoms with Crippen LogP contribution in [0.1, 0.15) is 25.0 Å². The van der Waals surface area contributed by atoms with Gasteiger partial charge in [0.15, 0.2) is 0 Å². The minimum atomic E-state index is -4.13. The van der Waals surface area contributed by atoms with Crippen molar-refractivity contribution in [2.75, 3.05) is 26.4 Å². The van der Waals surface area contributed by atoms with Gasteiger partial charge in [-0.15, -0.1) is 0 Å². The Bertz CT molecular complexity index is 1510. The number of nitrogens with two attached hydrogens (primary N) is 1. The topological polar surface area (TPSA) is 142 Å². The van der Waals surface area contributed by atoms with Crippen LogP contribution in [0.4, 0.5) is 17.6 Å². The summed E-state index contributed by atoms with van der Waals surface area (Å²) in [5.41, 5.74) is 10.4. The van der Waals surface area contributed by atoms with Gasteiger partial charge in [-0.2, -0.15) is 8.42 Å². The number of para-hydroxylation sites is 2. The number of aliphatic hydroxyl groups is 1. The standard InChI is InChI=1S/C14H18F2N2O.C11H14N2.C3H4F2O4S/c1-10(18-8-14(15,16)9-19)6-11-7-17-13-5-3-2-4-12(11)13;1-8(12)6-9-7-13-11-5-3-2-4-10(9)11;4-3(5)1-8-10(6,7)9-2-3/h2-5,7,10,17-19H,6,8-9H2,1H3;2-5,7-8,13H,6,12H2,1H3;1-2H2/t10-;8-;/m11./s1. The highest BCUT2D eigenvalue weighted by molar-refractivity contribution is 7.81. The van der Waals surface area contributed by atoms with Gasteiger partial charge in [0.2, 0.25) is 0 Å². The Morgan fingerprint density at radius 2 is 1.43 bits per heavy atom. The summed E-state index contributed by atoms with van der Waals surface area (Å²) in [6.07, 6.45) is 5.55. The van der Waals surface area contributed by atoms with Gasteiger partial charge in [0, 0.05) is 46.3 Å². The largest absolute Gasteiger partial charge is 0.400 e. The summed E-state index contributed by atoms with van der Waals surface area (Å²) >= 11 is 0. The van der Waals surface area contributed by atoms with Crippen molar-refractivity contribution in [3.63, 3.8) is 0 Å². The molecule has 2 aromatic carbocycles. The number of alkyl halides is 4. The Morgan fingerprint density at radius 1 is 0.952 bits per heavy atom. The van der Waals surface area contributed by atoms with E-state index < -0.39 is 48.6 Å². The summed E-state index contributed by atoms with van der Waals surface area (Å²) in [7, 11) is -4.13. The van der Waals surface area contributed by atoms with Crippen molar-refractivity contribution in [3.05, 3.63) is 72.1 Å². The van der Waals surface area contributed by atoms with E-state index in [0.717, 1.165) is 22.9 Å². The van der Waals surface area contributed by atoms with Gasteiger partial charge in [-0.1, -0.05) is 36.4 Å². The molecule has 0 amide bonds. The third kappa shape index (κ3) is 10.4. The molecule has 0 aliphatic carbocycles.